The van der Waals surface area contributed by atoms with Crippen molar-refractivity contribution < 1.29 is 0 Å². The van der Waals surface area contributed by atoms with E-state index in [1.54, 1.807) is 0 Å². The topological polar surface area (TPSA) is 18.5 Å². The van der Waals surface area contributed by atoms with Crippen LogP contribution in [0, 0.1) is 5.41 Å². The number of nitrogens with one attached hydrogen (secondary N) is 1. The fourth-order valence-electron chi connectivity index (χ4n) is 3.72. The van der Waals surface area contributed by atoms with Crippen molar-refractivity contribution in [2.45, 2.75) is 71.9 Å². The Labute approximate surface area is 132 Å². The summed E-state index contributed by atoms with van der Waals surface area (Å²) in [7, 11) is 0. The Bertz CT molecular complexity index is 305. The Morgan fingerprint density at radius 3 is 2.00 bits per heavy atom. The van der Waals surface area contributed by atoms with Gasteiger partial charge in [0.05, 0.1) is 0 Å². The normalized spacial score (nSPS) is 23.9. The molecule has 1 N–H and O–H groups in total. The van der Waals surface area contributed by atoms with E-state index >= 15 is 0 Å². The summed E-state index contributed by atoms with van der Waals surface area (Å²) in [6, 6.07) is 0.905. The summed E-state index contributed by atoms with van der Waals surface area (Å²) < 4.78 is 0. The third-order valence-electron chi connectivity index (χ3n) is 5.00. The van der Waals surface area contributed by atoms with Crippen molar-refractivity contribution in [1.29, 1.82) is 0 Å². The van der Waals surface area contributed by atoms with E-state index in [2.05, 4.69) is 49.7 Å². The SMILES string of the molecule is CC(C)(CNC(C)(C)C)CN1CCN(C2CCCC2)CC1. The van der Waals surface area contributed by atoms with Gasteiger partial charge in [0.25, 0.3) is 0 Å². The van der Waals surface area contributed by atoms with Gasteiger partial charge in [-0.2, -0.15) is 0 Å². The van der Waals surface area contributed by atoms with Gasteiger partial charge in [-0.1, -0.05) is 26.7 Å². The summed E-state index contributed by atoms with van der Waals surface area (Å²) in [5.74, 6) is 0. The zero-order valence-electron chi connectivity index (χ0n) is 15.0. The second-order valence-electron chi connectivity index (χ2n) is 9.02. The highest BCUT2D eigenvalue weighted by molar-refractivity contribution is 4.85. The molecule has 0 bridgehead atoms. The molecule has 2 fully saturated rings. The van der Waals surface area contributed by atoms with E-state index in [0.29, 0.717) is 5.41 Å². The van der Waals surface area contributed by atoms with Gasteiger partial charge in [-0.05, 0) is 39.0 Å². The molecule has 0 unspecified atom stereocenters. The molecule has 0 radical (unpaired) electrons. The fourth-order valence-corrected chi connectivity index (χ4v) is 3.72. The van der Waals surface area contributed by atoms with Gasteiger partial charge in [-0.3, -0.25) is 4.90 Å². The quantitative estimate of drug-likeness (QED) is 0.841. The third-order valence-corrected chi connectivity index (χ3v) is 5.00. The van der Waals surface area contributed by atoms with Crippen LogP contribution in [-0.4, -0.2) is 60.6 Å². The van der Waals surface area contributed by atoms with E-state index in [1.807, 2.05) is 0 Å². The lowest BCUT2D eigenvalue weighted by Crippen LogP contribution is -2.53. The van der Waals surface area contributed by atoms with Gasteiger partial charge in [0, 0.05) is 50.8 Å². The van der Waals surface area contributed by atoms with Crippen molar-refractivity contribution in [3.63, 3.8) is 0 Å². The summed E-state index contributed by atoms with van der Waals surface area (Å²) in [6.45, 7) is 19.0. The van der Waals surface area contributed by atoms with E-state index in [9.17, 15) is 0 Å². The van der Waals surface area contributed by atoms with Crippen LogP contribution in [-0.2, 0) is 0 Å². The molecule has 2 aliphatic rings. The van der Waals surface area contributed by atoms with Crippen molar-refractivity contribution in [1.82, 2.24) is 15.1 Å². The zero-order chi connectivity index (χ0) is 15.5. The minimum absolute atomic E-state index is 0.221. The van der Waals surface area contributed by atoms with E-state index in [1.165, 1.54) is 58.4 Å². The first-order valence-corrected chi connectivity index (χ1v) is 8.97. The molecule has 0 aromatic carbocycles. The molecule has 2 rings (SSSR count). The summed E-state index contributed by atoms with van der Waals surface area (Å²) in [5.41, 5.74) is 0.571. The predicted octanol–water partition coefficient (Wildman–Crippen LogP) is 2.96. The first-order chi connectivity index (χ1) is 9.75. The molecular formula is C18H37N3. The summed E-state index contributed by atoms with van der Waals surface area (Å²) in [5, 5.41) is 3.67. The monoisotopic (exact) mass is 295 g/mol. The number of rotatable bonds is 5. The van der Waals surface area contributed by atoms with Gasteiger partial charge >= 0.3 is 0 Å². The standard InChI is InChI=1S/C18H37N3/c1-17(2,3)19-14-18(4,5)15-20-10-12-21(13-11-20)16-8-6-7-9-16/h16,19H,6-15H2,1-5H3. The van der Waals surface area contributed by atoms with Crippen LogP contribution in [0.5, 0.6) is 0 Å². The van der Waals surface area contributed by atoms with Crippen LogP contribution >= 0.6 is 0 Å². The summed E-state index contributed by atoms with van der Waals surface area (Å²) >= 11 is 0. The molecule has 3 heteroatoms. The van der Waals surface area contributed by atoms with Crippen LogP contribution in [0.15, 0.2) is 0 Å². The highest BCUT2D eigenvalue weighted by atomic mass is 15.3. The second kappa shape index (κ2) is 6.97. The first-order valence-electron chi connectivity index (χ1n) is 8.97. The lowest BCUT2D eigenvalue weighted by Gasteiger charge is -2.41. The van der Waals surface area contributed by atoms with Crippen molar-refractivity contribution in [3.8, 4) is 0 Å². The molecule has 3 nitrogen and oxygen atoms in total. The van der Waals surface area contributed by atoms with Crippen LogP contribution < -0.4 is 5.32 Å². The molecule has 21 heavy (non-hydrogen) atoms. The molecule has 1 aliphatic heterocycles. The third kappa shape index (κ3) is 5.88. The van der Waals surface area contributed by atoms with Gasteiger partial charge in [-0.15, -0.1) is 0 Å². The first kappa shape index (κ1) is 17.2. The Morgan fingerprint density at radius 2 is 1.48 bits per heavy atom. The Kier molecular flexibility index (Phi) is 5.72. The van der Waals surface area contributed by atoms with Crippen LogP contribution in [0.4, 0.5) is 0 Å². The number of piperazine rings is 1. The van der Waals surface area contributed by atoms with E-state index in [-0.39, 0.29) is 5.54 Å². The van der Waals surface area contributed by atoms with Crippen LogP contribution in [0.3, 0.4) is 0 Å². The molecule has 0 amide bonds. The Morgan fingerprint density at radius 1 is 0.905 bits per heavy atom. The maximum atomic E-state index is 3.67. The van der Waals surface area contributed by atoms with Crippen molar-refractivity contribution >= 4 is 0 Å². The highest BCUT2D eigenvalue weighted by Gasteiger charge is 2.29. The molecule has 0 aromatic heterocycles. The fraction of sp³-hybridized carbons (Fsp3) is 1.00. The maximum Gasteiger partial charge on any atom is 0.0113 e. The minimum atomic E-state index is 0.221. The van der Waals surface area contributed by atoms with Crippen molar-refractivity contribution in [2.75, 3.05) is 39.3 Å². The molecule has 1 saturated carbocycles. The van der Waals surface area contributed by atoms with Crippen LogP contribution in [0.2, 0.25) is 0 Å². The highest BCUT2D eigenvalue weighted by Crippen LogP contribution is 2.25. The van der Waals surface area contributed by atoms with Crippen molar-refractivity contribution in [2.24, 2.45) is 5.41 Å². The molecule has 124 valence electrons. The molecule has 0 spiro atoms. The van der Waals surface area contributed by atoms with Gasteiger partial charge in [-0.25, -0.2) is 0 Å². The number of hydrogen-bond donors (Lipinski definition) is 1. The lowest BCUT2D eigenvalue weighted by atomic mass is 9.91. The summed E-state index contributed by atoms with van der Waals surface area (Å²) in [6.07, 6.45) is 5.80. The van der Waals surface area contributed by atoms with Crippen molar-refractivity contribution in [3.05, 3.63) is 0 Å². The van der Waals surface area contributed by atoms with E-state index < -0.39 is 0 Å². The zero-order valence-corrected chi connectivity index (χ0v) is 15.0. The average molecular weight is 296 g/mol. The predicted molar refractivity (Wildman–Crippen MR) is 91.8 cm³/mol. The second-order valence-corrected chi connectivity index (χ2v) is 9.02. The Hall–Kier alpha value is -0.120. The van der Waals surface area contributed by atoms with E-state index in [4.69, 9.17) is 0 Å². The maximum absolute atomic E-state index is 3.67. The summed E-state index contributed by atoms with van der Waals surface area (Å²) in [4.78, 5) is 5.43. The van der Waals surface area contributed by atoms with Crippen LogP contribution in [0.1, 0.15) is 60.3 Å². The van der Waals surface area contributed by atoms with Gasteiger partial charge in [0.2, 0.25) is 0 Å². The minimum Gasteiger partial charge on any atom is -0.311 e. The lowest BCUT2D eigenvalue weighted by molar-refractivity contribution is 0.0711. The van der Waals surface area contributed by atoms with Gasteiger partial charge in [0.1, 0.15) is 0 Å². The van der Waals surface area contributed by atoms with Gasteiger partial charge in [0.15, 0.2) is 0 Å². The molecule has 1 heterocycles. The number of hydrogen-bond acceptors (Lipinski definition) is 3. The van der Waals surface area contributed by atoms with E-state index in [0.717, 1.165) is 12.6 Å². The molecular weight excluding hydrogens is 258 g/mol. The smallest absolute Gasteiger partial charge is 0.0113 e. The molecule has 0 aromatic rings. The van der Waals surface area contributed by atoms with Gasteiger partial charge < -0.3 is 10.2 Å². The average Bonchev–Trinajstić information content (AvgIpc) is 2.90. The molecule has 1 saturated heterocycles. The number of nitrogens with zero attached hydrogens (tertiary/aromatic N) is 2. The van der Waals surface area contributed by atoms with Crippen LogP contribution in [0.25, 0.3) is 0 Å². The Balaban J connectivity index is 1.71. The molecule has 1 aliphatic carbocycles. The largest absolute Gasteiger partial charge is 0.311 e. The molecule has 0 atom stereocenters.